The zero-order valence-electron chi connectivity index (χ0n) is 13.3. The SMILES string of the molecule is CCCn1cc(OCC(C)(C)CNC(C)(C)C)cn1. The molecule has 1 aromatic heterocycles. The lowest BCUT2D eigenvalue weighted by Gasteiger charge is -2.30. The van der Waals surface area contributed by atoms with Gasteiger partial charge in [0.15, 0.2) is 5.75 Å². The molecule has 0 aliphatic carbocycles. The van der Waals surface area contributed by atoms with Gasteiger partial charge in [-0.15, -0.1) is 0 Å². The van der Waals surface area contributed by atoms with Gasteiger partial charge >= 0.3 is 0 Å². The van der Waals surface area contributed by atoms with Crippen molar-refractivity contribution in [1.29, 1.82) is 0 Å². The fraction of sp³-hybridized carbons (Fsp3) is 0.800. The van der Waals surface area contributed by atoms with Gasteiger partial charge in [-0.1, -0.05) is 20.8 Å². The smallest absolute Gasteiger partial charge is 0.157 e. The highest BCUT2D eigenvalue weighted by Gasteiger charge is 2.22. The van der Waals surface area contributed by atoms with Crippen molar-refractivity contribution in [3.63, 3.8) is 0 Å². The van der Waals surface area contributed by atoms with E-state index in [0.717, 1.165) is 25.3 Å². The second kappa shape index (κ2) is 6.42. The zero-order chi connectivity index (χ0) is 14.5. The van der Waals surface area contributed by atoms with Crippen LogP contribution < -0.4 is 10.1 Å². The van der Waals surface area contributed by atoms with Crippen LogP contribution in [0.15, 0.2) is 12.4 Å². The first-order chi connectivity index (χ1) is 8.72. The van der Waals surface area contributed by atoms with Gasteiger partial charge in [-0.3, -0.25) is 4.68 Å². The Bertz CT molecular complexity index is 377. The first-order valence-electron chi connectivity index (χ1n) is 7.12. The summed E-state index contributed by atoms with van der Waals surface area (Å²) in [4.78, 5) is 0. The van der Waals surface area contributed by atoms with Crippen molar-refractivity contribution in [2.24, 2.45) is 5.41 Å². The van der Waals surface area contributed by atoms with Gasteiger partial charge < -0.3 is 10.1 Å². The highest BCUT2D eigenvalue weighted by Crippen LogP contribution is 2.18. The fourth-order valence-electron chi connectivity index (χ4n) is 1.60. The van der Waals surface area contributed by atoms with Gasteiger partial charge in [0.25, 0.3) is 0 Å². The van der Waals surface area contributed by atoms with E-state index in [1.54, 1.807) is 6.20 Å². The van der Waals surface area contributed by atoms with Crippen LogP contribution in [0.4, 0.5) is 0 Å². The molecule has 19 heavy (non-hydrogen) atoms. The second-order valence-corrected chi connectivity index (χ2v) is 7.00. The zero-order valence-corrected chi connectivity index (χ0v) is 13.3. The predicted molar refractivity (Wildman–Crippen MR) is 79.5 cm³/mol. The first kappa shape index (κ1) is 16.0. The maximum absolute atomic E-state index is 5.84. The molecular formula is C15H29N3O. The normalized spacial score (nSPS) is 12.7. The minimum Gasteiger partial charge on any atom is -0.490 e. The molecule has 0 aliphatic heterocycles. The Morgan fingerprint density at radius 3 is 2.53 bits per heavy atom. The number of hydrogen-bond donors (Lipinski definition) is 1. The number of aromatic nitrogens is 2. The molecule has 1 aromatic rings. The van der Waals surface area contributed by atoms with Gasteiger partial charge in [-0.25, -0.2) is 0 Å². The van der Waals surface area contributed by atoms with E-state index in [1.165, 1.54) is 0 Å². The van der Waals surface area contributed by atoms with Gasteiger partial charge in [0.1, 0.15) is 0 Å². The molecule has 1 rings (SSSR count). The van der Waals surface area contributed by atoms with E-state index in [4.69, 9.17) is 4.74 Å². The van der Waals surface area contributed by atoms with Crippen LogP contribution in [-0.4, -0.2) is 28.5 Å². The third kappa shape index (κ3) is 6.62. The average molecular weight is 267 g/mol. The molecule has 0 aromatic carbocycles. The van der Waals surface area contributed by atoms with Crippen molar-refractivity contribution in [1.82, 2.24) is 15.1 Å². The Kier molecular flexibility index (Phi) is 5.41. The Morgan fingerprint density at radius 2 is 1.95 bits per heavy atom. The summed E-state index contributed by atoms with van der Waals surface area (Å²) in [5.74, 6) is 0.859. The molecule has 0 amide bonds. The third-order valence-corrected chi connectivity index (χ3v) is 2.79. The lowest BCUT2D eigenvalue weighted by molar-refractivity contribution is 0.165. The van der Waals surface area contributed by atoms with E-state index in [1.807, 2.05) is 10.9 Å². The van der Waals surface area contributed by atoms with Crippen molar-refractivity contribution < 1.29 is 4.74 Å². The average Bonchev–Trinajstić information content (AvgIpc) is 2.72. The summed E-state index contributed by atoms with van der Waals surface area (Å²) in [6, 6.07) is 0. The number of rotatable bonds is 7. The summed E-state index contributed by atoms with van der Waals surface area (Å²) in [5.41, 5.74) is 0.240. The van der Waals surface area contributed by atoms with E-state index >= 15 is 0 Å². The van der Waals surface area contributed by atoms with Crippen LogP contribution in [0.1, 0.15) is 48.0 Å². The van der Waals surface area contributed by atoms with E-state index in [0.29, 0.717) is 6.61 Å². The summed E-state index contributed by atoms with van der Waals surface area (Å²) in [6.45, 7) is 15.7. The van der Waals surface area contributed by atoms with Crippen LogP contribution in [0, 0.1) is 5.41 Å². The third-order valence-electron chi connectivity index (χ3n) is 2.79. The first-order valence-corrected chi connectivity index (χ1v) is 7.12. The number of aryl methyl sites for hydroxylation is 1. The summed E-state index contributed by atoms with van der Waals surface area (Å²) >= 11 is 0. The quantitative estimate of drug-likeness (QED) is 0.825. The molecule has 110 valence electrons. The molecule has 0 fully saturated rings. The standard InChI is InChI=1S/C15H29N3O/c1-7-8-18-10-13(9-17-18)19-12-15(5,6)11-16-14(2,3)4/h9-10,16H,7-8,11-12H2,1-6H3. The highest BCUT2D eigenvalue weighted by atomic mass is 16.5. The molecular weight excluding hydrogens is 238 g/mol. The largest absolute Gasteiger partial charge is 0.490 e. The van der Waals surface area contributed by atoms with Crippen LogP contribution in [0.25, 0.3) is 0 Å². The highest BCUT2D eigenvalue weighted by molar-refractivity contribution is 5.11. The van der Waals surface area contributed by atoms with E-state index in [2.05, 4.69) is 52.0 Å². The lowest BCUT2D eigenvalue weighted by atomic mass is 9.93. The molecule has 0 unspecified atom stereocenters. The molecule has 1 heterocycles. The predicted octanol–water partition coefficient (Wildman–Crippen LogP) is 3.09. The molecule has 0 saturated heterocycles. The van der Waals surface area contributed by atoms with E-state index in [9.17, 15) is 0 Å². The maximum atomic E-state index is 5.84. The van der Waals surface area contributed by atoms with Crippen LogP contribution in [-0.2, 0) is 6.54 Å². The Labute approximate surface area is 117 Å². The molecule has 0 aliphatic rings. The van der Waals surface area contributed by atoms with Gasteiger partial charge in [-0.2, -0.15) is 5.10 Å². The molecule has 0 spiro atoms. The van der Waals surface area contributed by atoms with Crippen LogP contribution >= 0.6 is 0 Å². The number of ether oxygens (including phenoxy) is 1. The Hall–Kier alpha value is -1.03. The van der Waals surface area contributed by atoms with Crippen LogP contribution in [0.3, 0.4) is 0 Å². The van der Waals surface area contributed by atoms with Crippen LogP contribution in [0.5, 0.6) is 5.75 Å². The Balaban J connectivity index is 2.40. The molecule has 1 N–H and O–H groups in total. The van der Waals surface area contributed by atoms with Gasteiger partial charge in [0, 0.05) is 24.0 Å². The molecule has 4 nitrogen and oxygen atoms in total. The van der Waals surface area contributed by atoms with Gasteiger partial charge in [-0.05, 0) is 27.2 Å². The molecule has 0 bridgehead atoms. The summed E-state index contributed by atoms with van der Waals surface area (Å²) in [6.07, 6.45) is 4.85. The van der Waals surface area contributed by atoms with Gasteiger partial charge in [0.2, 0.25) is 0 Å². The fourth-order valence-corrected chi connectivity index (χ4v) is 1.60. The topological polar surface area (TPSA) is 39.1 Å². The maximum Gasteiger partial charge on any atom is 0.157 e. The van der Waals surface area contributed by atoms with Crippen molar-refractivity contribution in [3.8, 4) is 5.75 Å². The minimum absolute atomic E-state index is 0.0974. The van der Waals surface area contributed by atoms with Crippen LogP contribution in [0.2, 0.25) is 0 Å². The van der Waals surface area contributed by atoms with E-state index in [-0.39, 0.29) is 11.0 Å². The number of hydrogen-bond acceptors (Lipinski definition) is 3. The Morgan fingerprint density at radius 1 is 1.26 bits per heavy atom. The van der Waals surface area contributed by atoms with E-state index < -0.39 is 0 Å². The van der Waals surface area contributed by atoms with Crippen molar-refractivity contribution in [2.45, 2.75) is 60.0 Å². The summed E-state index contributed by atoms with van der Waals surface area (Å²) in [5, 5.41) is 7.79. The van der Waals surface area contributed by atoms with Gasteiger partial charge in [0.05, 0.1) is 19.0 Å². The monoisotopic (exact) mass is 267 g/mol. The van der Waals surface area contributed by atoms with Crippen molar-refractivity contribution in [3.05, 3.63) is 12.4 Å². The molecule has 0 atom stereocenters. The number of nitrogens with zero attached hydrogens (tertiary/aromatic N) is 2. The molecule has 0 saturated carbocycles. The van der Waals surface area contributed by atoms with Crippen molar-refractivity contribution >= 4 is 0 Å². The molecule has 4 heteroatoms. The second-order valence-electron chi connectivity index (χ2n) is 7.00. The summed E-state index contributed by atoms with van der Waals surface area (Å²) in [7, 11) is 0. The lowest BCUT2D eigenvalue weighted by Crippen LogP contribution is -2.43. The minimum atomic E-state index is 0.0974. The number of nitrogens with one attached hydrogen (secondary N) is 1. The van der Waals surface area contributed by atoms with Crippen molar-refractivity contribution in [2.75, 3.05) is 13.2 Å². The molecule has 0 radical (unpaired) electrons. The summed E-state index contributed by atoms with van der Waals surface area (Å²) < 4.78 is 7.77.